The molecule has 0 radical (unpaired) electrons. The Kier molecular flexibility index (Phi) is 6.03. The van der Waals surface area contributed by atoms with E-state index >= 15 is 0 Å². The molecule has 1 aromatic heterocycles. The third kappa shape index (κ3) is 5.04. The lowest BCUT2D eigenvalue weighted by atomic mass is 10.1. The van der Waals surface area contributed by atoms with E-state index in [-0.39, 0.29) is 11.8 Å². The van der Waals surface area contributed by atoms with E-state index in [2.05, 4.69) is 15.6 Å². The summed E-state index contributed by atoms with van der Waals surface area (Å²) in [6.07, 6.45) is 0.981. The summed E-state index contributed by atoms with van der Waals surface area (Å²) in [5, 5.41) is 6.19. The summed E-state index contributed by atoms with van der Waals surface area (Å²) in [4.78, 5) is 27.8. The number of rotatable bonds is 7. The van der Waals surface area contributed by atoms with Crippen molar-refractivity contribution in [3.8, 4) is 5.75 Å². The van der Waals surface area contributed by atoms with Crippen LogP contribution in [0.25, 0.3) is 10.2 Å². The van der Waals surface area contributed by atoms with Gasteiger partial charge in [0.15, 0.2) is 5.13 Å². The SMILES string of the molecule is CCOc1ccccc1NC(=O)CCc1ccc2nc(NC(C)=O)sc2c1. The van der Waals surface area contributed by atoms with Gasteiger partial charge in [0.25, 0.3) is 0 Å². The highest BCUT2D eigenvalue weighted by Gasteiger charge is 2.09. The van der Waals surface area contributed by atoms with Gasteiger partial charge in [-0.2, -0.15) is 0 Å². The molecule has 0 aliphatic rings. The molecular weight excluding hydrogens is 362 g/mol. The summed E-state index contributed by atoms with van der Waals surface area (Å²) in [6, 6.07) is 13.3. The van der Waals surface area contributed by atoms with Gasteiger partial charge >= 0.3 is 0 Å². The van der Waals surface area contributed by atoms with Crippen molar-refractivity contribution >= 4 is 44.2 Å². The molecule has 2 amide bonds. The van der Waals surface area contributed by atoms with Gasteiger partial charge in [-0.15, -0.1) is 0 Å². The van der Waals surface area contributed by atoms with E-state index in [1.54, 1.807) is 0 Å². The van der Waals surface area contributed by atoms with Gasteiger partial charge in [-0.05, 0) is 43.2 Å². The second-order valence-corrected chi connectivity index (χ2v) is 7.01. The third-order valence-corrected chi connectivity index (χ3v) is 4.77. The molecule has 0 aliphatic heterocycles. The fraction of sp³-hybridized carbons (Fsp3) is 0.250. The first-order valence-electron chi connectivity index (χ1n) is 8.74. The molecule has 2 aromatic carbocycles. The molecule has 0 unspecified atom stereocenters. The lowest BCUT2D eigenvalue weighted by molar-refractivity contribution is -0.116. The van der Waals surface area contributed by atoms with E-state index in [9.17, 15) is 9.59 Å². The Morgan fingerprint density at radius 2 is 1.96 bits per heavy atom. The number of benzene rings is 2. The first kappa shape index (κ1) is 18.8. The first-order valence-corrected chi connectivity index (χ1v) is 9.55. The van der Waals surface area contributed by atoms with Gasteiger partial charge in [-0.3, -0.25) is 9.59 Å². The maximum atomic E-state index is 12.3. The zero-order valence-electron chi connectivity index (χ0n) is 15.2. The number of carbonyl (C=O) groups excluding carboxylic acids is 2. The summed E-state index contributed by atoms with van der Waals surface area (Å²) in [5.74, 6) is 0.466. The van der Waals surface area contributed by atoms with Gasteiger partial charge in [0.2, 0.25) is 11.8 Å². The highest BCUT2D eigenvalue weighted by molar-refractivity contribution is 7.22. The normalized spacial score (nSPS) is 10.6. The predicted octanol–water partition coefficient (Wildman–Crippen LogP) is 4.22. The van der Waals surface area contributed by atoms with Crippen molar-refractivity contribution in [3.05, 3.63) is 48.0 Å². The van der Waals surface area contributed by atoms with Crippen molar-refractivity contribution in [1.82, 2.24) is 4.98 Å². The Hall–Kier alpha value is -2.93. The van der Waals surface area contributed by atoms with Gasteiger partial charge in [-0.25, -0.2) is 4.98 Å². The largest absolute Gasteiger partial charge is 0.492 e. The fourth-order valence-electron chi connectivity index (χ4n) is 2.65. The van der Waals surface area contributed by atoms with E-state index in [0.717, 1.165) is 15.8 Å². The number of carbonyl (C=O) groups is 2. The Morgan fingerprint density at radius 1 is 1.15 bits per heavy atom. The second kappa shape index (κ2) is 8.64. The van der Waals surface area contributed by atoms with Gasteiger partial charge in [0.05, 0.1) is 22.5 Å². The average molecular weight is 383 g/mol. The summed E-state index contributed by atoms with van der Waals surface area (Å²) < 4.78 is 6.51. The molecule has 0 saturated carbocycles. The molecular formula is C20H21N3O3S. The maximum absolute atomic E-state index is 12.3. The van der Waals surface area contributed by atoms with Crippen LogP contribution in [-0.4, -0.2) is 23.4 Å². The lowest BCUT2D eigenvalue weighted by Crippen LogP contribution is -2.13. The number of anilines is 2. The lowest BCUT2D eigenvalue weighted by Gasteiger charge is -2.11. The van der Waals surface area contributed by atoms with Gasteiger partial charge in [0, 0.05) is 13.3 Å². The molecule has 0 atom stereocenters. The molecule has 3 aromatic rings. The van der Waals surface area contributed by atoms with E-state index in [4.69, 9.17) is 4.74 Å². The average Bonchev–Trinajstić information content (AvgIpc) is 3.02. The quantitative estimate of drug-likeness (QED) is 0.640. The molecule has 140 valence electrons. The molecule has 0 saturated heterocycles. The predicted molar refractivity (Wildman–Crippen MR) is 108 cm³/mol. The van der Waals surface area contributed by atoms with Crippen LogP contribution in [0.15, 0.2) is 42.5 Å². The Bertz CT molecular complexity index is 968. The molecule has 1 heterocycles. The van der Waals surface area contributed by atoms with E-state index in [0.29, 0.717) is 36.0 Å². The molecule has 3 rings (SSSR count). The summed E-state index contributed by atoms with van der Waals surface area (Å²) in [7, 11) is 0. The number of aromatic nitrogens is 1. The number of hydrogen-bond acceptors (Lipinski definition) is 5. The summed E-state index contributed by atoms with van der Waals surface area (Å²) in [6.45, 7) is 3.91. The van der Waals surface area contributed by atoms with Crippen LogP contribution < -0.4 is 15.4 Å². The third-order valence-electron chi connectivity index (χ3n) is 3.84. The van der Waals surface area contributed by atoms with Crippen molar-refractivity contribution < 1.29 is 14.3 Å². The number of para-hydroxylation sites is 2. The van der Waals surface area contributed by atoms with Crippen LogP contribution in [-0.2, 0) is 16.0 Å². The van der Waals surface area contributed by atoms with Crippen molar-refractivity contribution in [2.75, 3.05) is 17.2 Å². The number of ether oxygens (including phenoxy) is 1. The first-order chi connectivity index (χ1) is 13.0. The highest BCUT2D eigenvalue weighted by Crippen LogP contribution is 2.27. The maximum Gasteiger partial charge on any atom is 0.224 e. The number of amides is 2. The molecule has 6 nitrogen and oxygen atoms in total. The standard InChI is InChI=1S/C20H21N3O3S/c1-3-26-17-7-5-4-6-15(17)22-19(25)11-9-14-8-10-16-18(12-14)27-20(23-16)21-13(2)24/h4-8,10,12H,3,9,11H2,1-2H3,(H,22,25)(H,21,23,24). The van der Waals surface area contributed by atoms with E-state index in [1.807, 2.05) is 49.4 Å². The monoisotopic (exact) mass is 383 g/mol. The zero-order chi connectivity index (χ0) is 19.2. The van der Waals surface area contributed by atoms with Crippen molar-refractivity contribution in [1.29, 1.82) is 0 Å². The Balaban J connectivity index is 1.62. The minimum atomic E-state index is -0.140. The van der Waals surface area contributed by atoms with Crippen LogP contribution in [0.3, 0.4) is 0 Å². The van der Waals surface area contributed by atoms with Crippen molar-refractivity contribution in [2.24, 2.45) is 0 Å². The van der Waals surface area contributed by atoms with Crippen LogP contribution in [0.5, 0.6) is 5.75 Å². The van der Waals surface area contributed by atoms with Crippen LogP contribution >= 0.6 is 11.3 Å². The van der Waals surface area contributed by atoms with Crippen LogP contribution in [0.2, 0.25) is 0 Å². The Morgan fingerprint density at radius 3 is 2.74 bits per heavy atom. The second-order valence-electron chi connectivity index (χ2n) is 5.98. The molecule has 2 N–H and O–H groups in total. The molecule has 0 spiro atoms. The number of thiazole rings is 1. The highest BCUT2D eigenvalue weighted by atomic mass is 32.1. The van der Waals surface area contributed by atoms with Crippen LogP contribution in [0, 0.1) is 0 Å². The molecule has 7 heteroatoms. The van der Waals surface area contributed by atoms with Crippen LogP contribution in [0.4, 0.5) is 10.8 Å². The minimum Gasteiger partial charge on any atom is -0.492 e. The Labute approximate surface area is 161 Å². The fourth-order valence-corrected chi connectivity index (χ4v) is 3.63. The van der Waals surface area contributed by atoms with Gasteiger partial charge in [0.1, 0.15) is 5.75 Å². The molecule has 0 fully saturated rings. The van der Waals surface area contributed by atoms with Crippen LogP contribution in [0.1, 0.15) is 25.8 Å². The summed E-state index contributed by atoms with van der Waals surface area (Å²) in [5.41, 5.74) is 2.57. The minimum absolute atomic E-state index is 0.0644. The molecule has 0 bridgehead atoms. The molecule has 27 heavy (non-hydrogen) atoms. The van der Waals surface area contributed by atoms with Gasteiger partial charge < -0.3 is 15.4 Å². The number of nitrogens with zero attached hydrogens (tertiary/aromatic N) is 1. The smallest absolute Gasteiger partial charge is 0.224 e. The number of hydrogen-bond donors (Lipinski definition) is 2. The topological polar surface area (TPSA) is 80.3 Å². The zero-order valence-corrected chi connectivity index (χ0v) is 16.1. The van der Waals surface area contributed by atoms with Crippen molar-refractivity contribution in [2.45, 2.75) is 26.7 Å². The molecule has 0 aliphatic carbocycles. The number of nitrogens with one attached hydrogen (secondary N) is 2. The van der Waals surface area contributed by atoms with Crippen molar-refractivity contribution in [3.63, 3.8) is 0 Å². The number of fused-ring (bicyclic) bond motifs is 1. The van der Waals surface area contributed by atoms with E-state index < -0.39 is 0 Å². The van der Waals surface area contributed by atoms with E-state index in [1.165, 1.54) is 18.3 Å². The summed E-state index contributed by atoms with van der Waals surface area (Å²) >= 11 is 1.42. The van der Waals surface area contributed by atoms with Gasteiger partial charge in [-0.1, -0.05) is 29.5 Å². The number of aryl methyl sites for hydroxylation is 1.